The molecular formula is C21H23N3O6S. The summed E-state index contributed by atoms with van der Waals surface area (Å²) in [5.41, 5.74) is 1.45. The lowest BCUT2D eigenvalue weighted by Gasteiger charge is -2.09. The second-order valence-electron chi connectivity index (χ2n) is 6.50. The van der Waals surface area contributed by atoms with Gasteiger partial charge in [0.25, 0.3) is 11.6 Å². The number of ether oxygens (including phenoxy) is 3. The molecule has 10 heteroatoms. The fourth-order valence-corrected chi connectivity index (χ4v) is 4.19. The number of thiazole rings is 1. The lowest BCUT2D eigenvalue weighted by Crippen LogP contribution is -2.20. The second kappa shape index (κ2) is 10.2. The van der Waals surface area contributed by atoms with Crippen molar-refractivity contribution in [2.75, 3.05) is 27.4 Å². The van der Waals surface area contributed by atoms with Crippen molar-refractivity contribution in [3.05, 3.63) is 56.9 Å². The van der Waals surface area contributed by atoms with E-state index in [1.165, 1.54) is 30.6 Å². The third-order valence-electron chi connectivity index (χ3n) is 4.60. The summed E-state index contributed by atoms with van der Waals surface area (Å²) in [7, 11) is 3.09. The molecule has 1 aromatic heterocycles. The second-order valence-corrected chi connectivity index (χ2v) is 7.51. The van der Waals surface area contributed by atoms with E-state index in [9.17, 15) is 14.9 Å². The minimum Gasteiger partial charge on any atom is -0.497 e. The summed E-state index contributed by atoms with van der Waals surface area (Å²) in [5.74, 6) is 0.818. The van der Waals surface area contributed by atoms with Crippen LogP contribution < -0.4 is 14.3 Å². The number of hydrogen-bond acceptors (Lipinski definition) is 7. The maximum absolute atomic E-state index is 12.7. The first-order valence-corrected chi connectivity index (χ1v) is 10.4. The van der Waals surface area contributed by atoms with Crippen LogP contribution in [0, 0.1) is 10.1 Å². The highest BCUT2D eigenvalue weighted by atomic mass is 32.1. The molecule has 0 aliphatic rings. The molecule has 0 atom stereocenters. The Labute approximate surface area is 182 Å². The smallest absolute Gasteiger partial charge is 0.270 e. The molecular weight excluding hydrogens is 422 g/mol. The largest absolute Gasteiger partial charge is 0.497 e. The van der Waals surface area contributed by atoms with Gasteiger partial charge in [-0.3, -0.25) is 14.9 Å². The number of amides is 1. The van der Waals surface area contributed by atoms with Gasteiger partial charge in [-0.25, -0.2) is 0 Å². The first kappa shape index (κ1) is 22.4. The summed E-state index contributed by atoms with van der Waals surface area (Å²) < 4.78 is 18.5. The number of nitro benzene ring substituents is 1. The molecule has 31 heavy (non-hydrogen) atoms. The zero-order valence-electron chi connectivity index (χ0n) is 17.5. The minimum atomic E-state index is -0.443. The maximum atomic E-state index is 12.7. The molecule has 0 saturated carbocycles. The van der Waals surface area contributed by atoms with Crippen molar-refractivity contribution in [1.29, 1.82) is 0 Å². The number of nitro groups is 1. The summed E-state index contributed by atoms with van der Waals surface area (Å²) in [6, 6.07) is 9.84. The normalized spacial score (nSPS) is 11.6. The van der Waals surface area contributed by atoms with E-state index >= 15 is 0 Å². The van der Waals surface area contributed by atoms with Crippen molar-refractivity contribution in [3.8, 4) is 11.5 Å². The highest BCUT2D eigenvalue weighted by Gasteiger charge is 2.14. The van der Waals surface area contributed by atoms with Gasteiger partial charge in [0.1, 0.15) is 11.5 Å². The van der Waals surface area contributed by atoms with Crippen LogP contribution in [0.4, 0.5) is 5.69 Å². The average Bonchev–Trinajstić information content (AvgIpc) is 3.10. The Bertz CT molecular complexity index is 1170. The van der Waals surface area contributed by atoms with Crippen molar-refractivity contribution in [1.82, 2.24) is 4.57 Å². The molecule has 3 aromatic rings. The Balaban J connectivity index is 1.98. The Kier molecular flexibility index (Phi) is 7.37. The van der Waals surface area contributed by atoms with Gasteiger partial charge in [0.2, 0.25) is 0 Å². The predicted molar refractivity (Wildman–Crippen MR) is 117 cm³/mol. The Hall–Kier alpha value is -3.24. The van der Waals surface area contributed by atoms with Gasteiger partial charge in [0.15, 0.2) is 4.80 Å². The third kappa shape index (κ3) is 5.28. The number of benzene rings is 2. The van der Waals surface area contributed by atoms with Crippen LogP contribution in [-0.4, -0.2) is 42.8 Å². The molecule has 0 bridgehead atoms. The van der Waals surface area contributed by atoms with Gasteiger partial charge in [0, 0.05) is 36.9 Å². The fourth-order valence-electron chi connectivity index (χ4n) is 3.08. The van der Waals surface area contributed by atoms with Gasteiger partial charge in [-0.2, -0.15) is 4.99 Å². The first-order chi connectivity index (χ1) is 15.0. The van der Waals surface area contributed by atoms with E-state index in [1.54, 1.807) is 31.4 Å². The van der Waals surface area contributed by atoms with Crippen LogP contribution in [0.15, 0.2) is 41.4 Å². The quantitative estimate of drug-likeness (QED) is 0.284. The average molecular weight is 445 g/mol. The molecule has 0 unspecified atom stereocenters. The van der Waals surface area contributed by atoms with Gasteiger partial charge < -0.3 is 18.8 Å². The number of hydrogen-bond donors (Lipinski definition) is 0. The van der Waals surface area contributed by atoms with Crippen LogP contribution >= 0.6 is 11.3 Å². The molecule has 164 valence electrons. The summed E-state index contributed by atoms with van der Waals surface area (Å²) >= 11 is 1.23. The minimum absolute atomic E-state index is 0.00782. The summed E-state index contributed by atoms with van der Waals surface area (Å²) in [4.78, 5) is 28.2. The number of nitrogens with zero attached hydrogens (tertiary/aromatic N) is 3. The molecule has 0 spiro atoms. The lowest BCUT2D eigenvalue weighted by atomic mass is 10.1. The number of carbonyl (C=O) groups is 1. The summed E-state index contributed by atoms with van der Waals surface area (Å²) in [6.45, 7) is 3.38. The highest BCUT2D eigenvalue weighted by Crippen LogP contribution is 2.26. The van der Waals surface area contributed by atoms with Crippen molar-refractivity contribution in [2.45, 2.75) is 19.9 Å². The van der Waals surface area contributed by atoms with Gasteiger partial charge in [-0.15, -0.1) is 0 Å². The van der Waals surface area contributed by atoms with E-state index in [0.717, 1.165) is 5.52 Å². The predicted octanol–water partition coefficient (Wildman–Crippen LogP) is 3.33. The van der Waals surface area contributed by atoms with Crippen LogP contribution in [0.5, 0.6) is 11.5 Å². The van der Waals surface area contributed by atoms with E-state index in [4.69, 9.17) is 14.2 Å². The SMILES string of the molecule is CCOCCn1c(=NC(=O)Cc2ccc(OC)cc2OC)sc2cc([N+](=O)[O-])ccc21. The van der Waals surface area contributed by atoms with Crippen molar-refractivity contribution in [3.63, 3.8) is 0 Å². The van der Waals surface area contributed by atoms with Crippen LogP contribution in [0.3, 0.4) is 0 Å². The standard InChI is InChI=1S/C21H23N3O6S/c1-4-30-10-9-23-17-8-6-15(24(26)27)12-19(17)31-21(23)22-20(25)11-14-5-7-16(28-2)13-18(14)29-3/h5-8,12-13H,4,9-11H2,1-3H3. The van der Waals surface area contributed by atoms with Crippen LogP contribution in [0.1, 0.15) is 12.5 Å². The van der Waals surface area contributed by atoms with E-state index in [1.807, 2.05) is 11.5 Å². The third-order valence-corrected chi connectivity index (χ3v) is 5.64. The van der Waals surface area contributed by atoms with Crippen molar-refractivity contribution >= 4 is 33.1 Å². The topological polar surface area (TPSA) is 105 Å². The number of fused-ring (bicyclic) bond motifs is 1. The van der Waals surface area contributed by atoms with Crippen molar-refractivity contribution in [2.24, 2.45) is 4.99 Å². The van der Waals surface area contributed by atoms with Gasteiger partial charge in [-0.05, 0) is 19.1 Å². The number of rotatable bonds is 9. The number of aromatic nitrogens is 1. The molecule has 3 rings (SSSR count). The first-order valence-electron chi connectivity index (χ1n) is 9.60. The molecule has 1 heterocycles. The van der Waals surface area contributed by atoms with Gasteiger partial charge >= 0.3 is 0 Å². The van der Waals surface area contributed by atoms with Crippen LogP contribution in [-0.2, 0) is 22.5 Å². The zero-order chi connectivity index (χ0) is 22.4. The van der Waals surface area contributed by atoms with E-state index < -0.39 is 4.92 Å². The monoisotopic (exact) mass is 445 g/mol. The molecule has 2 aromatic carbocycles. The lowest BCUT2D eigenvalue weighted by molar-refractivity contribution is -0.384. The zero-order valence-corrected chi connectivity index (χ0v) is 18.3. The van der Waals surface area contributed by atoms with Gasteiger partial charge in [0.05, 0.1) is 42.4 Å². The number of non-ortho nitro benzene ring substituents is 1. The highest BCUT2D eigenvalue weighted by molar-refractivity contribution is 7.16. The fraction of sp³-hybridized carbons (Fsp3) is 0.333. The molecule has 0 fully saturated rings. The van der Waals surface area contributed by atoms with Crippen LogP contribution in [0.2, 0.25) is 0 Å². The molecule has 0 N–H and O–H groups in total. The summed E-state index contributed by atoms with van der Waals surface area (Å²) in [5, 5.41) is 11.1. The molecule has 0 aliphatic carbocycles. The maximum Gasteiger partial charge on any atom is 0.270 e. The number of methoxy groups -OCH3 is 2. The molecule has 9 nitrogen and oxygen atoms in total. The van der Waals surface area contributed by atoms with E-state index in [-0.39, 0.29) is 18.0 Å². The molecule has 0 saturated heterocycles. The Morgan fingerprint density at radius 2 is 2.00 bits per heavy atom. The molecule has 0 aliphatic heterocycles. The number of carbonyl (C=O) groups excluding carboxylic acids is 1. The summed E-state index contributed by atoms with van der Waals surface area (Å²) in [6.07, 6.45) is 0.0486. The Morgan fingerprint density at radius 3 is 2.68 bits per heavy atom. The van der Waals surface area contributed by atoms with Crippen LogP contribution in [0.25, 0.3) is 10.2 Å². The van der Waals surface area contributed by atoms with E-state index in [0.29, 0.717) is 46.3 Å². The van der Waals surface area contributed by atoms with Crippen molar-refractivity contribution < 1.29 is 23.9 Å². The molecule has 1 amide bonds. The van der Waals surface area contributed by atoms with E-state index in [2.05, 4.69) is 4.99 Å². The molecule has 0 radical (unpaired) electrons. The Morgan fingerprint density at radius 1 is 1.19 bits per heavy atom. The van der Waals surface area contributed by atoms with Gasteiger partial charge in [-0.1, -0.05) is 17.4 Å².